The third-order valence-electron chi connectivity index (χ3n) is 2.55. The highest BCUT2D eigenvalue weighted by Gasteiger charge is 2.22. The number of carboxylic acids is 1. The first-order chi connectivity index (χ1) is 7.69. The maximum atomic E-state index is 10.9. The molecule has 1 fully saturated rings. The number of carbonyl (C=O) groups is 1. The number of methoxy groups -OCH3 is 1. The lowest BCUT2D eigenvalue weighted by atomic mass is 10.2. The summed E-state index contributed by atoms with van der Waals surface area (Å²) >= 11 is 0. The van der Waals surface area contributed by atoms with Crippen LogP contribution in [0.1, 0.15) is 23.2 Å². The van der Waals surface area contributed by atoms with E-state index in [-0.39, 0.29) is 5.56 Å². The zero-order chi connectivity index (χ0) is 11.5. The number of ether oxygens (including phenoxy) is 2. The molecule has 2 rings (SSSR count). The first kappa shape index (κ1) is 10.8. The molecule has 0 amide bonds. The van der Waals surface area contributed by atoms with Crippen LogP contribution < -0.4 is 9.47 Å². The van der Waals surface area contributed by atoms with Gasteiger partial charge in [-0.3, -0.25) is 0 Å². The van der Waals surface area contributed by atoms with Crippen molar-refractivity contribution in [2.24, 2.45) is 5.92 Å². The van der Waals surface area contributed by atoms with E-state index in [1.165, 1.54) is 32.1 Å². The second kappa shape index (κ2) is 4.43. The van der Waals surface area contributed by atoms with E-state index in [0.717, 1.165) is 0 Å². The van der Waals surface area contributed by atoms with Crippen LogP contribution in [0, 0.1) is 5.92 Å². The van der Waals surface area contributed by atoms with E-state index in [1.807, 2.05) is 0 Å². The van der Waals surface area contributed by atoms with Crippen molar-refractivity contribution < 1.29 is 19.4 Å². The molecule has 0 heterocycles. The predicted octanol–water partition coefficient (Wildman–Crippen LogP) is 2.18. The number of carboxylic acid groups (broad SMARTS) is 1. The first-order valence-corrected chi connectivity index (χ1v) is 5.24. The lowest BCUT2D eigenvalue weighted by molar-refractivity contribution is 0.0696. The quantitative estimate of drug-likeness (QED) is 0.829. The molecule has 0 aromatic heterocycles. The Bertz CT molecular complexity index is 396. The molecule has 4 heteroatoms. The lowest BCUT2D eigenvalue weighted by Gasteiger charge is -2.08. The van der Waals surface area contributed by atoms with E-state index in [9.17, 15) is 4.79 Å². The van der Waals surface area contributed by atoms with Crippen LogP contribution in [0.2, 0.25) is 0 Å². The molecule has 1 aliphatic rings. The summed E-state index contributed by atoms with van der Waals surface area (Å²) in [5.74, 6) is 0.726. The van der Waals surface area contributed by atoms with Gasteiger partial charge in [-0.2, -0.15) is 0 Å². The molecule has 86 valence electrons. The summed E-state index contributed by atoms with van der Waals surface area (Å²) in [6.07, 6.45) is 2.41. The molecule has 16 heavy (non-hydrogen) atoms. The number of hydrogen-bond donors (Lipinski definition) is 1. The Hall–Kier alpha value is -1.71. The minimum atomic E-state index is -0.977. The summed E-state index contributed by atoms with van der Waals surface area (Å²) in [6, 6.07) is 4.70. The molecule has 4 nitrogen and oxygen atoms in total. The Morgan fingerprint density at radius 3 is 2.62 bits per heavy atom. The Morgan fingerprint density at radius 1 is 1.38 bits per heavy atom. The van der Waals surface area contributed by atoms with Crippen LogP contribution in [0.15, 0.2) is 18.2 Å². The fourth-order valence-electron chi connectivity index (χ4n) is 1.39. The minimum absolute atomic E-state index is 0.185. The van der Waals surface area contributed by atoms with Gasteiger partial charge in [0.05, 0.1) is 19.3 Å². The smallest absolute Gasteiger partial charge is 0.335 e. The van der Waals surface area contributed by atoms with Crippen LogP contribution >= 0.6 is 0 Å². The van der Waals surface area contributed by atoms with E-state index in [1.54, 1.807) is 6.07 Å². The fraction of sp³-hybridized carbons (Fsp3) is 0.417. The summed E-state index contributed by atoms with van der Waals surface area (Å²) in [4.78, 5) is 10.9. The van der Waals surface area contributed by atoms with E-state index < -0.39 is 5.97 Å². The van der Waals surface area contributed by atoms with Crippen molar-refractivity contribution in [2.45, 2.75) is 12.8 Å². The van der Waals surface area contributed by atoms with Gasteiger partial charge in [-0.05, 0) is 30.9 Å². The first-order valence-electron chi connectivity index (χ1n) is 5.24. The largest absolute Gasteiger partial charge is 0.497 e. The predicted molar refractivity (Wildman–Crippen MR) is 58.2 cm³/mol. The van der Waals surface area contributed by atoms with E-state index in [2.05, 4.69) is 0 Å². The Kier molecular flexibility index (Phi) is 2.99. The number of hydrogen-bond acceptors (Lipinski definition) is 3. The third-order valence-corrected chi connectivity index (χ3v) is 2.55. The number of rotatable bonds is 5. The number of aromatic carboxylic acids is 1. The highest BCUT2D eigenvalue weighted by molar-refractivity contribution is 5.88. The standard InChI is InChI=1S/C12H14O4/c1-15-10-4-9(12(13)14)5-11(6-10)16-7-8-2-3-8/h4-6,8H,2-3,7H2,1H3,(H,13,14). The molecular formula is C12H14O4. The summed E-state index contributed by atoms with van der Waals surface area (Å²) in [6.45, 7) is 0.659. The van der Waals surface area contributed by atoms with Crippen molar-refractivity contribution in [2.75, 3.05) is 13.7 Å². The molecule has 0 unspecified atom stereocenters. The monoisotopic (exact) mass is 222 g/mol. The molecule has 0 saturated heterocycles. The van der Waals surface area contributed by atoms with Crippen LogP contribution in [0.3, 0.4) is 0 Å². The average Bonchev–Trinajstić information content (AvgIpc) is 3.09. The van der Waals surface area contributed by atoms with Crippen LogP contribution in [0.25, 0.3) is 0 Å². The highest BCUT2D eigenvalue weighted by atomic mass is 16.5. The van der Waals surface area contributed by atoms with Crippen molar-refractivity contribution in [1.82, 2.24) is 0 Å². The van der Waals surface area contributed by atoms with Gasteiger partial charge in [0.2, 0.25) is 0 Å². The van der Waals surface area contributed by atoms with Crippen molar-refractivity contribution in [3.8, 4) is 11.5 Å². The van der Waals surface area contributed by atoms with Crippen LogP contribution in [0.4, 0.5) is 0 Å². The maximum Gasteiger partial charge on any atom is 0.335 e. The van der Waals surface area contributed by atoms with E-state index >= 15 is 0 Å². The van der Waals surface area contributed by atoms with Gasteiger partial charge in [0.15, 0.2) is 0 Å². The zero-order valence-electron chi connectivity index (χ0n) is 9.10. The molecule has 0 bridgehead atoms. The van der Waals surface area contributed by atoms with E-state index in [4.69, 9.17) is 14.6 Å². The summed E-state index contributed by atoms with van der Waals surface area (Å²) in [7, 11) is 1.51. The molecule has 1 aromatic carbocycles. The van der Waals surface area contributed by atoms with Gasteiger partial charge in [-0.25, -0.2) is 4.79 Å². The average molecular weight is 222 g/mol. The normalized spacial score (nSPS) is 14.6. The van der Waals surface area contributed by atoms with Gasteiger partial charge in [-0.1, -0.05) is 0 Å². The van der Waals surface area contributed by atoms with Gasteiger partial charge in [0.25, 0.3) is 0 Å². The third kappa shape index (κ3) is 2.66. The highest BCUT2D eigenvalue weighted by Crippen LogP contribution is 2.30. The second-order valence-corrected chi connectivity index (χ2v) is 3.96. The topological polar surface area (TPSA) is 55.8 Å². The molecule has 1 N–H and O–H groups in total. The van der Waals surface area contributed by atoms with Crippen molar-refractivity contribution in [3.05, 3.63) is 23.8 Å². The zero-order valence-corrected chi connectivity index (χ0v) is 9.10. The Labute approximate surface area is 93.8 Å². The van der Waals surface area contributed by atoms with Gasteiger partial charge in [-0.15, -0.1) is 0 Å². The summed E-state index contributed by atoms with van der Waals surface area (Å²) < 4.78 is 10.5. The van der Waals surface area contributed by atoms with Crippen molar-refractivity contribution >= 4 is 5.97 Å². The summed E-state index contributed by atoms with van der Waals surface area (Å²) in [5.41, 5.74) is 0.185. The van der Waals surface area contributed by atoms with Gasteiger partial charge in [0, 0.05) is 6.07 Å². The summed E-state index contributed by atoms with van der Waals surface area (Å²) in [5, 5.41) is 8.91. The molecule has 1 aromatic rings. The fourth-order valence-corrected chi connectivity index (χ4v) is 1.39. The molecule has 0 aliphatic heterocycles. The maximum absolute atomic E-state index is 10.9. The van der Waals surface area contributed by atoms with Crippen LogP contribution in [-0.4, -0.2) is 24.8 Å². The van der Waals surface area contributed by atoms with E-state index in [0.29, 0.717) is 24.0 Å². The molecule has 0 atom stereocenters. The van der Waals surface area contributed by atoms with Gasteiger partial charge < -0.3 is 14.6 Å². The van der Waals surface area contributed by atoms with Crippen LogP contribution in [0.5, 0.6) is 11.5 Å². The molecule has 0 radical (unpaired) electrons. The van der Waals surface area contributed by atoms with Crippen molar-refractivity contribution in [3.63, 3.8) is 0 Å². The van der Waals surface area contributed by atoms with Crippen LogP contribution in [-0.2, 0) is 0 Å². The van der Waals surface area contributed by atoms with Gasteiger partial charge in [0.1, 0.15) is 11.5 Å². The SMILES string of the molecule is COc1cc(OCC2CC2)cc(C(=O)O)c1. The minimum Gasteiger partial charge on any atom is -0.497 e. The molecule has 1 saturated carbocycles. The second-order valence-electron chi connectivity index (χ2n) is 3.96. The lowest BCUT2D eigenvalue weighted by Crippen LogP contribution is -2.02. The molecular weight excluding hydrogens is 208 g/mol. The number of benzene rings is 1. The van der Waals surface area contributed by atoms with Crippen molar-refractivity contribution in [1.29, 1.82) is 0 Å². The molecule has 1 aliphatic carbocycles. The van der Waals surface area contributed by atoms with Gasteiger partial charge >= 0.3 is 5.97 Å². The Balaban J connectivity index is 2.14. The Morgan fingerprint density at radius 2 is 2.06 bits per heavy atom. The molecule has 0 spiro atoms.